The highest BCUT2D eigenvalue weighted by atomic mass is 32.2. The van der Waals surface area contributed by atoms with E-state index >= 15 is 0 Å². The number of amides is 1. The maximum atomic E-state index is 11.3. The zero-order valence-electron chi connectivity index (χ0n) is 12.8. The molecule has 0 spiro atoms. The third kappa shape index (κ3) is 3.65. The minimum Gasteiger partial charge on any atom is -0.453 e. The van der Waals surface area contributed by atoms with Crippen LogP contribution in [0.2, 0.25) is 0 Å². The van der Waals surface area contributed by atoms with Crippen LogP contribution in [0, 0.1) is 6.92 Å². The fourth-order valence-electron chi connectivity index (χ4n) is 2.15. The molecule has 0 atom stereocenters. The zero-order valence-corrected chi connectivity index (χ0v) is 13.6. The number of rotatable bonds is 4. The first-order chi connectivity index (χ1) is 11.2. The number of nitrogens with one attached hydrogen (secondary N) is 1. The summed E-state index contributed by atoms with van der Waals surface area (Å²) in [7, 11) is 1.34. The molecular formula is C17H16N2O3S. The number of aromatic nitrogens is 1. The summed E-state index contributed by atoms with van der Waals surface area (Å²) < 4.78 is 10.3. The lowest BCUT2D eigenvalue weighted by Crippen LogP contribution is -2.11. The van der Waals surface area contributed by atoms with E-state index in [1.807, 2.05) is 49.4 Å². The predicted molar refractivity (Wildman–Crippen MR) is 90.8 cm³/mol. The lowest BCUT2D eigenvalue weighted by atomic mass is 10.2. The van der Waals surface area contributed by atoms with Crippen molar-refractivity contribution in [1.29, 1.82) is 0 Å². The fraction of sp³-hybridized carbons (Fsp3) is 0.176. The first-order valence-electron chi connectivity index (χ1n) is 7.08. The molecule has 0 aliphatic rings. The van der Waals surface area contributed by atoms with E-state index < -0.39 is 6.09 Å². The van der Waals surface area contributed by atoms with Gasteiger partial charge in [0.2, 0.25) is 5.89 Å². The number of carbonyl (C=O) groups is 1. The molecule has 0 unspecified atom stereocenters. The molecule has 1 heterocycles. The van der Waals surface area contributed by atoms with Crippen LogP contribution in [-0.2, 0) is 10.5 Å². The largest absolute Gasteiger partial charge is 0.453 e. The summed E-state index contributed by atoms with van der Waals surface area (Å²) in [5.41, 5.74) is 3.38. The second kappa shape index (κ2) is 6.75. The normalized spacial score (nSPS) is 10.7. The number of oxazole rings is 1. The Labute approximate surface area is 138 Å². The van der Waals surface area contributed by atoms with Gasteiger partial charge in [0.15, 0.2) is 5.58 Å². The summed E-state index contributed by atoms with van der Waals surface area (Å²) >= 11 is 1.64. The highest BCUT2D eigenvalue weighted by molar-refractivity contribution is 7.98. The summed E-state index contributed by atoms with van der Waals surface area (Å²) in [6.45, 7) is 1.94. The van der Waals surface area contributed by atoms with E-state index in [-0.39, 0.29) is 0 Å². The monoisotopic (exact) mass is 328 g/mol. The summed E-state index contributed by atoms with van der Waals surface area (Å²) in [6, 6.07) is 13.5. The van der Waals surface area contributed by atoms with Crippen molar-refractivity contribution >= 4 is 34.6 Å². The average Bonchev–Trinajstić information content (AvgIpc) is 2.98. The van der Waals surface area contributed by atoms with Crippen LogP contribution in [0.25, 0.3) is 11.1 Å². The summed E-state index contributed by atoms with van der Waals surface area (Å²) in [5.74, 6) is 1.35. The van der Waals surface area contributed by atoms with E-state index in [1.54, 1.807) is 11.8 Å². The summed E-state index contributed by atoms with van der Waals surface area (Å²) in [4.78, 5) is 16.8. The Morgan fingerprint density at radius 2 is 2.13 bits per heavy atom. The lowest BCUT2D eigenvalue weighted by molar-refractivity contribution is 0.187. The molecule has 0 saturated carbocycles. The van der Waals surface area contributed by atoms with E-state index in [1.165, 1.54) is 7.11 Å². The molecule has 0 fully saturated rings. The van der Waals surface area contributed by atoms with Gasteiger partial charge in [-0.3, -0.25) is 5.32 Å². The van der Waals surface area contributed by atoms with Crippen molar-refractivity contribution in [3.8, 4) is 0 Å². The minimum atomic E-state index is -0.472. The van der Waals surface area contributed by atoms with Gasteiger partial charge in [-0.25, -0.2) is 9.78 Å². The van der Waals surface area contributed by atoms with E-state index in [0.717, 1.165) is 27.2 Å². The van der Waals surface area contributed by atoms with Crippen LogP contribution in [0.4, 0.5) is 10.5 Å². The second-order valence-electron chi connectivity index (χ2n) is 4.96. The molecular weight excluding hydrogens is 312 g/mol. The number of anilines is 1. The number of fused-ring (bicyclic) bond motifs is 1. The molecule has 3 aromatic rings. The van der Waals surface area contributed by atoms with Crippen LogP contribution in [0.1, 0.15) is 11.5 Å². The Morgan fingerprint density at radius 1 is 1.30 bits per heavy atom. The molecule has 1 N–H and O–H groups in total. The van der Waals surface area contributed by atoms with Crippen LogP contribution in [0.15, 0.2) is 51.8 Å². The molecule has 0 bridgehead atoms. The first-order valence-corrected chi connectivity index (χ1v) is 8.07. The average molecular weight is 328 g/mol. The van der Waals surface area contributed by atoms with Gasteiger partial charge < -0.3 is 9.15 Å². The topological polar surface area (TPSA) is 64.4 Å². The minimum absolute atomic E-state index is 0.472. The molecule has 0 aliphatic carbocycles. The van der Waals surface area contributed by atoms with Crippen LogP contribution >= 0.6 is 11.8 Å². The number of hydrogen-bond donors (Lipinski definition) is 1. The lowest BCUT2D eigenvalue weighted by Gasteiger charge is -2.08. The molecule has 0 radical (unpaired) electrons. The Bertz CT molecular complexity index is 812. The van der Waals surface area contributed by atoms with Gasteiger partial charge in [-0.15, -0.1) is 11.8 Å². The molecule has 0 saturated heterocycles. The maximum Gasteiger partial charge on any atom is 0.411 e. The number of methoxy groups -OCH3 is 1. The van der Waals surface area contributed by atoms with E-state index in [4.69, 9.17) is 4.42 Å². The number of carbonyl (C=O) groups excluding carboxylic acids is 1. The number of thioether (sulfide) groups is 1. The van der Waals surface area contributed by atoms with E-state index in [2.05, 4.69) is 15.0 Å². The molecule has 118 valence electrons. The number of hydrogen-bond acceptors (Lipinski definition) is 5. The van der Waals surface area contributed by atoms with Gasteiger partial charge in [0, 0.05) is 10.6 Å². The van der Waals surface area contributed by atoms with Crippen molar-refractivity contribution in [1.82, 2.24) is 4.98 Å². The van der Waals surface area contributed by atoms with Gasteiger partial charge in [-0.05, 0) is 42.8 Å². The third-order valence-corrected chi connectivity index (χ3v) is 4.30. The molecule has 1 aromatic heterocycles. The van der Waals surface area contributed by atoms with Crippen LogP contribution in [-0.4, -0.2) is 18.2 Å². The molecule has 1 amide bonds. The van der Waals surface area contributed by atoms with E-state index in [0.29, 0.717) is 11.6 Å². The maximum absolute atomic E-state index is 11.3. The third-order valence-electron chi connectivity index (χ3n) is 3.32. The predicted octanol–water partition coefficient (Wildman–Crippen LogP) is 4.61. The van der Waals surface area contributed by atoms with Gasteiger partial charge in [0.25, 0.3) is 0 Å². The Hall–Kier alpha value is -2.47. The van der Waals surface area contributed by atoms with Crippen LogP contribution in [0.3, 0.4) is 0 Å². The van der Waals surface area contributed by atoms with Crippen LogP contribution in [0.5, 0.6) is 0 Å². The van der Waals surface area contributed by atoms with Crippen LogP contribution < -0.4 is 5.32 Å². The molecule has 23 heavy (non-hydrogen) atoms. The Kier molecular flexibility index (Phi) is 4.52. The standard InChI is InChI=1S/C17H16N2O3S/c1-11-9-12(7-8-13(11)19-17(20)21-2)23-10-16-18-14-5-3-4-6-15(14)22-16/h3-9H,10H2,1-2H3,(H,19,20). The zero-order chi connectivity index (χ0) is 16.2. The summed E-state index contributed by atoms with van der Waals surface area (Å²) in [6.07, 6.45) is -0.472. The number of benzene rings is 2. The Morgan fingerprint density at radius 3 is 2.87 bits per heavy atom. The SMILES string of the molecule is COC(=O)Nc1ccc(SCc2nc3ccccc3o2)cc1C. The first kappa shape index (κ1) is 15.4. The number of aryl methyl sites for hydroxylation is 1. The molecule has 5 nitrogen and oxygen atoms in total. The van der Waals surface area contributed by atoms with Gasteiger partial charge in [0.05, 0.1) is 12.9 Å². The summed E-state index contributed by atoms with van der Waals surface area (Å²) in [5, 5.41) is 2.68. The molecule has 2 aromatic carbocycles. The molecule has 6 heteroatoms. The van der Waals surface area contributed by atoms with Crippen molar-refractivity contribution in [2.75, 3.05) is 12.4 Å². The highest BCUT2D eigenvalue weighted by Crippen LogP contribution is 2.28. The van der Waals surface area contributed by atoms with Crippen molar-refractivity contribution in [2.45, 2.75) is 17.6 Å². The quantitative estimate of drug-likeness (QED) is 0.709. The number of ether oxygens (including phenoxy) is 1. The van der Waals surface area contributed by atoms with Gasteiger partial charge >= 0.3 is 6.09 Å². The van der Waals surface area contributed by atoms with Crippen molar-refractivity contribution < 1.29 is 13.9 Å². The smallest absolute Gasteiger partial charge is 0.411 e. The number of para-hydroxylation sites is 2. The van der Waals surface area contributed by atoms with Crippen molar-refractivity contribution in [3.05, 3.63) is 53.9 Å². The number of nitrogens with zero attached hydrogens (tertiary/aromatic N) is 1. The fourth-order valence-corrected chi connectivity index (χ4v) is 2.99. The second-order valence-corrected chi connectivity index (χ2v) is 6.01. The van der Waals surface area contributed by atoms with Gasteiger partial charge in [-0.2, -0.15) is 0 Å². The van der Waals surface area contributed by atoms with Gasteiger partial charge in [0.1, 0.15) is 5.52 Å². The highest BCUT2D eigenvalue weighted by Gasteiger charge is 2.08. The van der Waals surface area contributed by atoms with E-state index in [9.17, 15) is 4.79 Å². The van der Waals surface area contributed by atoms with Crippen molar-refractivity contribution in [3.63, 3.8) is 0 Å². The van der Waals surface area contributed by atoms with Crippen molar-refractivity contribution in [2.24, 2.45) is 0 Å². The van der Waals surface area contributed by atoms with Gasteiger partial charge in [-0.1, -0.05) is 12.1 Å². The molecule has 3 rings (SSSR count). The Balaban J connectivity index is 1.68. The molecule has 0 aliphatic heterocycles.